The fraction of sp³-hybridized carbons (Fsp3) is 0.571. The van der Waals surface area contributed by atoms with Crippen molar-refractivity contribution in [2.45, 2.75) is 42.9 Å². The number of rotatable bonds is 6. The van der Waals surface area contributed by atoms with E-state index in [1.165, 1.54) is 0 Å². The molecule has 1 fully saturated rings. The molecule has 0 heterocycles. The highest BCUT2D eigenvalue weighted by molar-refractivity contribution is 7.99. The van der Waals surface area contributed by atoms with Crippen LogP contribution in [0.15, 0.2) is 24.3 Å². The van der Waals surface area contributed by atoms with E-state index >= 15 is 0 Å². The molecule has 1 aliphatic carbocycles. The molecule has 4 nitrogen and oxygen atoms in total. The predicted molar refractivity (Wildman–Crippen MR) is 83.1 cm³/mol. The van der Waals surface area contributed by atoms with Crippen LogP contribution in [0, 0.1) is 0 Å². The van der Waals surface area contributed by atoms with E-state index in [1.807, 2.05) is 11.8 Å². The van der Waals surface area contributed by atoms with Crippen LogP contribution in [0.5, 0.6) is 0 Å². The molecule has 0 saturated heterocycles. The second kappa shape index (κ2) is 6.93. The average molecular weight is 315 g/mol. The lowest BCUT2D eigenvalue weighted by Gasteiger charge is -2.13. The number of hydrogen-bond acceptors (Lipinski definition) is 4. The molecule has 1 saturated carbocycles. The van der Waals surface area contributed by atoms with Crippen molar-refractivity contribution in [3.63, 3.8) is 0 Å². The Balaban J connectivity index is 1.97. The van der Waals surface area contributed by atoms with E-state index < -0.39 is 10.0 Å². The van der Waals surface area contributed by atoms with Gasteiger partial charge in [0, 0.05) is 11.3 Å². The maximum atomic E-state index is 12.2. The second-order valence-corrected chi connectivity index (χ2v) is 8.11. The van der Waals surface area contributed by atoms with Crippen LogP contribution < -0.4 is 4.72 Å². The molecule has 2 unspecified atom stereocenters. The van der Waals surface area contributed by atoms with Gasteiger partial charge >= 0.3 is 0 Å². The molecule has 2 N–H and O–H groups in total. The maximum Gasteiger partial charge on any atom is 0.216 e. The zero-order valence-electron chi connectivity index (χ0n) is 11.6. The van der Waals surface area contributed by atoms with Crippen LogP contribution >= 0.6 is 11.8 Å². The van der Waals surface area contributed by atoms with E-state index in [9.17, 15) is 8.42 Å². The third-order valence-corrected chi connectivity index (χ3v) is 6.10. The molecule has 112 valence electrons. The number of aliphatic hydroxyl groups is 1. The van der Waals surface area contributed by atoms with Crippen molar-refractivity contribution in [3.8, 4) is 0 Å². The minimum atomic E-state index is -3.32. The normalized spacial score (nSPS) is 23.1. The average Bonchev–Trinajstić information content (AvgIpc) is 2.85. The summed E-state index contributed by atoms with van der Waals surface area (Å²) in [5.74, 6) is -0.0265. The van der Waals surface area contributed by atoms with Crippen molar-refractivity contribution in [1.29, 1.82) is 0 Å². The SMILES string of the molecule is CSC1CCC(NS(=O)(=O)Cc2cccc(CO)c2)C1. The fourth-order valence-electron chi connectivity index (χ4n) is 2.59. The molecule has 0 bridgehead atoms. The standard InChI is InChI=1S/C14H21NO3S2/c1-19-14-6-5-13(8-14)15-20(17,18)10-12-4-2-3-11(7-12)9-16/h2-4,7,13-16H,5-6,8-10H2,1H3. The maximum absolute atomic E-state index is 12.2. The Morgan fingerprint density at radius 3 is 2.75 bits per heavy atom. The highest BCUT2D eigenvalue weighted by Gasteiger charge is 2.27. The molecule has 1 aromatic rings. The van der Waals surface area contributed by atoms with E-state index in [0.29, 0.717) is 10.8 Å². The Morgan fingerprint density at radius 1 is 1.35 bits per heavy atom. The molecule has 6 heteroatoms. The lowest BCUT2D eigenvalue weighted by atomic mass is 10.1. The van der Waals surface area contributed by atoms with Crippen molar-refractivity contribution in [2.24, 2.45) is 0 Å². The van der Waals surface area contributed by atoms with Gasteiger partial charge in [-0.1, -0.05) is 24.3 Å². The second-order valence-electron chi connectivity index (χ2n) is 5.22. The molecule has 1 aromatic carbocycles. The molecule has 0 amide bonds. The van der Waals surface area contributed by atoms with Crippen LogP contribution in [0.1, 0.15) is 30.4 Å². The zero-order chi connectivity index (χ0) is 14.6. The number of sulfonamides is 1. The number of thioether (sulfide) groups is 1. The number of aliphatic hydroxyl groups excluding tert-OH is 1. The summed E-state index contributed by atoms with van der Waals surface area (Å²) < 4.78 is 27.1. The predicted octanol–water partition coefficient (Wildman–Crippen LogP) is 1.88. The summed E-state index contributed by atoms with van der Waals surface area (Å²) in [6.45, 7) is -0.0701. The van der Waals surface area contributed by atoms with Crippen molar-refractivity contribution >= 4 is 21.8 Å². The van der Waals surface area contributed by atoms with Crippen molar-refractivity contribution in [3.05, 3.63) is 35.4 Å². The topological polar surface area (TPSA) is 66.4 Å². The molecule has 0 radical (unpaired) electrons. The molecule has 2 atom stereocenters. The molecular weight excluding hydrogens is 294 g/mol. The van der Waals surface area contributed by atoms with Gasteiger partial charge < -0.3 is 5.11 Å². The van der Waals surface area contributed by atoms with Crippen LogP contribution in [-0.2, 0) is 22.4 Å². The van der Waals surface area contributed by atoms with Gasteiger partial charge in [-0.3, -0.25) is 0 Å². The Kier molecular flexibility index (Phi) is 5.49. The van der Waals surface area contributed by atoms with Crippen molar-refractivity contribution < 1.29 is 13.5 Å². The van der Waals surface area contributed by atoms with E-state index in [2.05, 4.69) is 11.0 Å². The summed E-state index contributed by atoms with van der Waals surface area (Å²) in [5.41, 5.74) is 1.45. The number of benzene rings is 1. The van der Waals surface area contributed by atoms with Crippen molar-refractivity contribution in [1.82, 2.24) is 4.72 Å². The summed E-state index contributed by atoms with van der Waals surface area (Å²) in [6.07, 6.45) is 4.98. The van der Waals surface area contributed by atoms with Gasteiger partial charge in [0.1, 0.15) is 0 Å². The minimum Gasteiger partial charge on any atom is -0.392 e. The van der Waals surface area contributed by atoms with Gasteiger partial charge in [-0.15, -0.1) is 0 Å². The van der Waals surface area contributed by atoms with Crippen LogP contribution in [0.3, 0.4) is 0 Å². The van der Waals surface area contributed by atoms with E-state index in [4.69, 9.17) is 5.11 Å². The Bertz CT molecular complexity index is 545. The molecule has 0 aromatic heterocycles. The van der Waals surface area contributed by atoms with Gasteiger partial charge in [0.25, 0.3) is 0 Å². The summed E-state index contributed by atoms with van der Waals surface area (Å²) in [5, 5.41) is 9.65. The minimum absolute atomic E-state index is 0.0265. The van der Waals surface area contributed by atoms with Gasteiger partial charge in [-0.2, -0.15) is 11.8 Å². The first kappa shape index (κ1) is 15.8. The van der Waals surface area contributed by atoms with Crippen LogP contribution in [0.2, 0.25) is 0 Å². The summed E-state index contributed by atoms with van der Waals surface area (Å²) in [6, 6.07) is 7.13. The van der Waals surface area contributed by atoms with Crippen LogP contribution in [0.4, 0.5) is 0 Å². The van der Waals surface area contributed by atoms with Crippen LogP contribution in [0.25, 0.3) is 0 Å². The summed E-state index contributed by atoms with van der Waals surface area (Å²) >= 11 is 1.81. The van der Waals surface area contributed by atoms with Gasteiger partial charge in [0.2, 0.25) is 10.0 Å². The summed E-state index contributed by atoms with van der Waals surface area (Å²) in [7, 11) is -3.32. The largest absolute Gasteiger partial charge is 0.392 e. The van der Waals surface area contributed by atoms with Gasteiger partial charge in [-0.25, -0.2) is 13.1 Å². The lowest BCUT2D eigenvalue weighted by molar-refractivity contribution is 0.282. The van der Waals surface area contributed by atoms with Crippen molar-refractivity contribution in [2.75, 3.05) is 6.26 Å². The van der Waals surface area contributed by atoms with E-state index in [-0.39, 0.29) is 18.4 Å². The van der Waals surface area contributed by atoms with Gasteiger partial charge in [0.15, 0.2) is 0 Å². The first-order valence-electron chi connectivity index (χ1n) is 6.74. The molecule has 0 spiro atoms. The summed E-state index contributed by atoms with van der Waals surface area (Å²) in [4.78, 5) is 0. The number of nitrogens with one attached hydrogen (secondary N) is 1. The molecular formula is C14H21NO3S2. The zero-order valence-corrected chi connectivity index (χ0v) is 13.2. The van der Waals surface area contributed by atoms with Gasteiger partial charge in [-0.05, 0) is 36.6 Å². The Labute approximate surface area is 125 Å². The third-order valence-electron chi connectivity index (χ3n) is 3.59. The molecule has 0 aliphatic heterocycles. The highest BCUT2D eigenvalue weighted by Crippen LogP contribution is 2.28. The van der Waals surface area contributed by atoms with Crippen LogP contribution in [-0.4, -0.2) is 31.1 Å². The Hall–Kier alpha value is -0.560. The lowest BCUT2D eigenvalue weighted by Crippen LogP contribution is -2.34. The molecule has 2 rings (SSSR count). The smallest absolute Gasteiger partial charge is 0.216 e. The van der Waals surface area contributed by atoms with Gasteiger partial charge in [0.05, 0.1) is 12.4 Å². The molecule has 1 aliphatic rings. The first-order chi connectivity index (χ1) is 9.52. The van der Waals surface area contributed by atoms with E-state index in [0.717, 1.165) is 24.8 Å². The monoisotopic (exact) mass is 315 g/mol. The third kappa shape index (κ3) is 4.48. The quantitative estimate of drug-likeness (QED) is 0.841. The highest BCUT2D eigenvalue weighted by atomic mass is 32.2. The number of hydrogen-bond donors (Lipinski definition) is 2. The first-order valence-corrected chi connectivity index (χ1v) is 9.68. The fourth-order valence-corrected chi connectivity index (χ4v) is 4.81. The Morgan fingerprint density at radius 2 is 2.10 bits per heavy atom. The molecule has 20 heavy (non-hydrogen) atoms. The van der Waals surface area contributed by atoms with E-state index in [1.54, 1.807) is 24.3 Å².